The second kappa shape index (κ2) is 6.34. The molecule has 1 aliphatic rings. The third-order valence-corrected chi connectivity index (χ3v) is 6.91. The first-order valence-corrected chi connectivity index (χ1v) is 10.2. The Balaban J connectivity index is 1.85. The van der Waals surface area contributed by atoms with E-state index in [1.807, 2.05) is 29.8 Å². The lowest BCUT2D eigenvalue weighted by atomic mass is 10.2. The minimum Gasteiger partial charge on any atom is -0.465 e. The average Bonchev–Trinajstić information content (AvgIpc) is 3.29. The van der Waals surface area contributed by atoms with Crippen LogP contribution in [0.5, 0.6) is 0 Å². The van der Waals surface area contributed by atoms with Crippen LogP contribution in [0.1, 0.15) is 13.3 Å². The van der Waals surface area contributed by atoms with Gasteiger partial charge in [-0.3, -0.25) is 14.2 Å². The molecule has 3 aromatic heterocycles. The lowest BCUT2D eigenvalue weighted by Crippen LogP contribution is -2.23. The molecule has 0 aromatic carbocycles. The standard InChI is InChI=1S/C16H14N2O3S3/c1-2-18-14(19)12-9(10-4-3-7-22-10)8-23-13(12)17-16(18)24-11-5-6-21-15(11)20/h3-4,7-8,11H,2,5-6H2,1H3/t11-/m0/s1. The number of hydrogen-bond acceptors (Lipinski definition) is 7. The molecule has 3 aromatic rings. The quantitative estimate of drug-likeness (QED) is 0.513. The lowest BCUT2D eigenvalue weighted by molar-refractivity contribution is -0.137. The molecule has 1 fully saturated rings. The highest BCUT2D eigenvalue weighted by molar-refractivity contribution is 8.00. The zero-order valence-corrected chi connectivity index (χ0v) is 15.3. The molecule has 0 saturated carbocycles. The first kappa shape index (κ1) is 15.9. The van der Waals surface area contributed by atoms with E-state index in [2.05, 4.69) is 4.98 Å². The van der Waals surface area contributed by atoms with E-state index in [1.165, 1.54) is 23.1 Å². The fraction of sp³-hybridized carbons (Fsp3) is 0.312. The fourth-order valence-corrected chi connectivity index (χ4v) is 5.63. The minimum atomic E-state index is -0.274. The zero-order chi connectivity index (χ0) is 16.7. The SMILES string of the molecule is CCn1c(S[C@H]2CCOC2=O)nc2scc(-c3cccs3)c2c1=O. The summed E-state index contributed by atoms with van der Waals surface area (Å²) in [5, 5.41) is 4.98. The van der Waals surface area contributed by atoms with Crippen molar-refractivity contribution in [2.75, 3.05) is 6.61 Å². The smallest absolute Gasteiger partial charge is 0.319 e. The maximum Gasteiger partial charge on any atom is 0.319 e. The van der Waals surface area contributed by atoms with Crippen molar-refractivity contribution < 1.29 is 9.53 Å². The molecule has 0 radical (unpaired) electrons. The van der Waals surface area contributed by atoms with E-state index in [1.54, 1.807) is 15.9 Å². The van der Waals surface area contributed by atoms with Crippen LogP contribution in [-0.2, 0) is 16.1 Å². The highest BCUT2D eigenvalue weighted by atomic mass is 32.2. The Morgan fingerprint density at radius 3 is 2.96 bits per heavy atom. The van der Waals surface area contributed by atoms with Crippen LogP contribution < -0.4 is 5.56 Å². The number of carbonyl (C=O) groups excluding carboxylic acids is 1. The monoisotopic (exact) mass is 378 g/mol. The fourth-order valence-electron chi connectivity index (χ4n) is 2.70. The Morgan fingerprint density at radius 1 is 1.42 bits per heavy atom. The normalized spacial score (nSPS) is 17.5. The Morgan fingerprint density at radius 2 is 2.29 bits per heavy atom. The summed E-state index contributed by atoms with van der Waals surface area (Å²) in [7, 11) is 0. The van der Waals surface area contributed by atoms with Crippen LogP contribution in [-0.4, -0.2) is 27.4 Å². The lowest BCUT2D eigenvalue weighted by Gasteiger charge is -2.11. The number of fused-ring (bicyclic) bond motifs is 1. The third-order valence-electron chi connectivity index (χ3n) is 3.90. The molecule has 24 heavy (non-hydrogen) atoms. The van der Waals surface area contributed by atoms with Gasteiger partial charge in [-0.2, -0.15) is 0 Å². The number of carbonyl (C=O) groups is 1. The summed E-state index contributed by atoms with van der Waals surface area (Å²) in [4.78, 5) is 31.2. The molecule has 1 atom stereocenters. The third kappa shape index (κ3) is 2.58. The van der Waals surface area contributed by atoms with Crippen molar-refractivity contribution in [3.8, 4) is 10.4 Å². The molecule has 0 spiro atoms. The molecule has 0 unspecified atom stereocenters. The van der Waals surface area contributed by atoms with Gasteiger partial charge in [0.15, 0.2) is 5.16 Å². The number of nitrogens with zero attached hydrogens (tertiary/aromatic N) is 2. The van der Waals surface area contributed by atoms with Crippen LogP contribution in [0.25, 0.3) is 20.7 Å². The summed E-state index contributed by atoms with van der Waals surface area (Å²) in [6.07, 6.45) is 0.659. The number of rotatable bonds is 4. The van der Waals surface area contributed by atoms with E-state index in [-0.39, 0.29) is 16.8 Å². The van der Waals surface area contributed by atoms with E-state index in [0.29, 0.717) is 30.1 Å². The minimum absolute atomic E-state index is 0.0407. The maximum atomic E-state index is 13.0. The Bertz CT molecular complexity index is 959. The Labute approximate surface area is 150 Å². The van der Waals surface area contributed by atoms with Crippen LogP contribution in [0.15, 0.2) is 32.8 Å². The summed E-state index contributed by atoms with van der Waals surface area (Å²) in [5.41, 5.74) is 0.905. The second-order valence-electron chi connectivity index (χ2n) is 5.31. The number of aromatic nitrogens is 2. The van der Waals surface area contributed by atoms with Gasteiger partial charge in [-0.1, -0.05) is 17.8 Å². The van der Waals surface area contributed by atoms with Gasteiger partial charge < -0.3 is 4.74 Å². The van der Waals surface area contributed by atoms with Crippen molar-refractivity contribution in [2.45, 2.75) is 30.3 Å². The van der Waals surface area contributed by atoms with Crippen molar-refractivity contribution in [1.82, 2.24) is 9.55 Å². The van der Waals surface area contributed by atoms with Gasteiger partial charge in [0.2, 0.25) is 0 Å². The average molecular weight is 379 g/mol. The van der Waals surface area contributed by atoms with Gasteiger partial charge in [0.25, 0.3) is 5.56 Å². The van der Waals surface area contributed by atoms with E-state index >= 15 is 0 Å². The molecule has 124 valence electrons. The summed E-state index contributed by atoms with van der Waals surface area (Å²) in [5.74, 6) is -0.220. The summed E-state index contributed by atoms with van der Waals surface area (Å²) >= 11 is 4.42. The first-order chi connectivity index (χ1) is 11.7. The van der Waals surface area contributed by atoms with Gasteiger partial charge in [-0.15, -0.1) is 22.7 Å². The number of thioether (sulfide) groups is 1. The number of esters is 1. The molecule has 4 rings (SSSR count). The zero-order valence-electron chi connectivity index (χ0n) is 12.9. The number of cyclic esters (lactones) is 1. The molecule has 0 bridgehead atoms. The Kier molecular flexibility index (Phi) is 4.19. The number of hydrogen-bond donors (Lipinski definition) is 0. The number of ether oxygens (including phenoxy) is 1. The van der Waals surface area contributed by atoms with Crippen LogP contribution >= 0.6 is 34.4 Å². The van der Waals surface area contributed by atoms with E-state index in [9.17, 15) is 9.59 Å². The molecule has 1 aliphatic heterocycles. The molecule has 0 amide bonds. The van der Waals surface area contributed by atoms with Crippen LogP contribution in [0.2, 0.25) is 0 Å². The molecule has 8 heteroatoms. The van der Waals surface area contributed by atoms with Crippen molar-refractivity contribution >= 4 is 50.6 Å². The molecular formula is C16H14N2O3S3. The summed E-state index contributed by atoms with van der Waals surface area (Å²) in [6, 6.07) is 3.99. The van der Waals surface area contributed by atoms with Crippen LogP contribution in [0, 0.1) is 0 Å². The van der Waals surface area contributed by atoms with Crippen molar-refractivity contribution in [1.29, 1.82) is 0 Å². The van der Waals surface area contributed by atoms with Gasteiger partial charge in [0.05, 0.1) is 12.0 Å². The van der Waals surface area contributed by atoms with Crippen LogP contribution in [0.4, 0.5) is 0 Å². The van der Waals surface area contributed by atoms with Crippen LogP contribution in [0.3, 0.4) is 0 Å². The predicted octanol–water partition coefficient (Wildman–Crippen LogP) is 3.61. The van der Waals surface area contributed by atoms with Gasteiger partial charge in [-0.25, -0.2) is 4.98 Å². The topological polar surface area (TPSA) is 61.2 Å². The Hall–Kier alpha value is -1.64. The molecule has 0 N–H and O–H groups in total. The molecule has 4 heterocycles. The summed E-state index contributed by atoms with van der Waals surface area (Å²) in [6.45, 7) is 2.88. The largest absolute Gasteiger partial charge is 0.465 e. The second-order valence-corrected chi connectivity index (χ2v) is 8.29. The summed E-state index contributed by atoms with van der Waals surface area (Å²) < 4.78 is 6.67. The maximum absolute atomic E-state index is 13.0. The van der Waals surface area contributed by atoms with Crippen molar-refractivity contribution in [3.05, 3.63) is 33.2 Å². The van der Waals surface area contributed by atoms with Gasteiger partial charge >= 0.3 is 5.97 Å². The highest BCUT2D eigenvalue weighted by Crippen LogP contribution is 2.35. The van der Waals surface area contributed by atoms with Crippen molar-refractivity contribution in [3.63, 3.8) is 0 Å². The van der Waals surface area contributed by atoms with E-state index in [0.717, 1.165) is 15.3 Å². The predicted molar refractivity (Wildman–Crippen MR) is 98.1 cm³/mol. The van der Waals surface area contributed by atoms with E-state index < -0.39 is 0 Å². The molecule has 1 saturated heterocycles. The first-order valence-electron chi connectivity index (χ1n) is 7.58. The number of thiophene rings is 2. The van der Waals surface area contributed by atoms with E-state index in [4.69, 9.17) is 4.74 Å². The van der Waals surface area contributed by atoms with Crippen molar-refractivity contribution in [2.24, 2.45) is 0 Å². The van der Waals surface area contributed by atoms with Gasteiger partial charge in [0.1, 0.15) is 10.1 Å². The molecular weight excluding hydrogens is 364 g/mol. The molecule has 5 nitrogen and oxygen atoms in total. The van der Waals surface area contributed by atoms with Gasteiger partial charge in [0, 0.05) is 28.8 Å². The molecule has 0 aliphatic carbocycles. The highest BCUT2D eigenvalue weighted by Gasteiger charge is 2.29. The van der Waals surface area contributed by atoms with Gasteiger partial charge in [-0.05, 0) is 18.4 Å².